The molecule has 2 atom stereocenters. The molecule has 0 aromatic carbocycles. The maximum Gasteiger partial charge on any atom is 0.295 e. The van der Waals surface area contributed by atoms with Gasteiger partial charge in [-0.1, -0.05) is 11.6 Å². The second kappa shape index (κ2) is 3.75. The van der Waals surface area contributed by atoms with Crippen LogP contribution in [-0.2, 0) is 14.3 Å². The van der Waals surface area contributed by atoms with Crippen molar-refractivity contribution in [2.75, 3.05) is 13.1 Å². The summed E-state index contributed by atoms with van der Waals surface area (Å²) in [6, 6.07) is 0. The number of nitrogens with one attached hydrogen (secondary N) is 1. The number of carbonyl (C=O) groups excluding carboxylic acids is 1. The van der Waals surface area contributed by atoms with Crippen molar-refractivity contribution in [3.63, 3.8) is 0 Å². The third-order valence-electron chi connectivity index (χ3n) is 1.12. The van der Waals surface area contributed by atoms with Gasteiger partial charge >= 0.3 is 0 Å². The Kier molecular flexibility index (Phi) is 2.92. The third-order valence-corrected chi connectivity index (χ3v) is 1.38. The van der Waals surface area contributed by atoms with Crippen LogP contribution in [-0.4, -0.2) is 31.4 Å². The number of hydrogen-bond donors (Lipinski definition) is 1. The van der Waals surface area contributed by atoms with Crippen LogP contribution in [0.5, 0.6) is 0 Å². The van der Waals surface area contributed by atoms with Gasteiger partial charge in [0.05, 0.1) is 6.54 Å². The molecule has 0 aromatic rings. The van der Waals surface area contributed by atoms with Crippen molar-refractivity contribution in [2.24, 2.45) is 0 Å². The van der Waals surface area contributed by atoms with Gasteiger partial charge in [-0.3, -0.25) is 4.79 Å². The molecule has 0 aromatic heterocycles. The van der Waals surface area contributed by atoms with E-state index in [-0.39, 0.29) is 0 Å². The summed E-state index contributed by atoms with van der Waals surface area (Å²) < 4.78 is 9.48. The average molecular weight is 166 g/mol. The predicted molar refractivity (Wildman–Crippen MR) is 34.5 cm³/mol. The van der Waals surface area contributed by atoms with E-state index in [1.165, 1.54) is 0 Å². The number of carbonyl (C=O) groups is 1. The van der Waals surface area contributed by atoms with Gasteiger partial charge in [-0.15, -0.1) is 0 Å². The van der Waals surface area contributed by atoms with Crippen LogP contribution >= 0.6 is 11.6 Å². The minimum Gasteiger partial charge on any atom is -0.436 e. The number of halogens is 1. The summed E-state index contributed by atoms with van der Waals surface area (Å²) in [5.41, 5.74) is -0.404. The van der Waals surface area contributed by atoms with Gasteiger partial charge < -0.3 is 14.8 Å². The van der Waals surface area contributed by atoms with E-state index in [1.54, 1.807) is 0 Å². The Balaban J connectivity index is 2.24. The van der Waals surface area contributed by atoms with E-state index in [0.717, 1.165) is 0 Å². The van der Waals surface area contributed by atoms with Gasteiger partial charge in [-0.05, 0) is 0 Å². The molecule has 1 aliphatic heterocycles. The van der Waals surface area contributed by atoms with Crippen molar-refractivity contribution in [1.82, 2.24) is 5.32 Å². The molecule has 1 aliphatic rings. The maximum absolute atomic E-state index is 9.81. The first-order valence-corrected chi connectivity index (χ1v) is 3.36. The fraction of sp³-hybridized carbons (Fsp3) is 0.800. The van der Waals surface area contributed by atoms with Gasteiger partial charge in [0, 0.05) is 6.54 Å². The van der Waals surface area contributed by atoms with E-state index in [2.05, 4.69) is 10.1 Å². The molecule has 0 radical (unpaired) electrons. The maximum atomic E-state index is 9.81. The minimum atomic E-state index is -0.534. The summed E-state index contributed by atoms with van der Waals surface area (Å²) in [6.07, 6.45) is -0.534. The largest absolute Gasteiger partial charge is 0.436 e. The van der Waals surface area contributed by atoms with Crippen molar-refractivity contribution in [2.45, 2.75) is 11.9 Å². The van der Waals surface area contributed by atoms with Gasteiger partial charge in [0.1, 0.15) is 5.56 Å². The lowest BCUT2D eigenvalue weighted by Crippen LogP contribution is -2.43. The zero-order valence-electron chi connectivity index (χ0n) is 5.25. The van der Waals surface area contributed by atoms with Crippen LogP contribution < -0.4 is 5.32 Å². The molecular formula is C5H8ClNO3. The molecule has 0 bridgehead atoms. The van der Waals surface area contributed by atoms with Crippen molar-refractivity contribution >= 4 is 18.1 Å². The van der Waals surface area contributed by atoms with Gasteiger partial charge in [0.2, 0.25) is 6.29 Å². The Morgan fingerprint density at radius 2 is 2.50 bits per heavy atom. The Morgan fingerprint density at radius 3 is 3.10 bits per heavy atom. The number of hydrogen-bond acceptors (Lipinski definition) is 4. The molecule has 58 valence electrons. The topological polar surface area (TPSA) is 47.6 Å². The summed E-state index contributed by atoms with van der Waals surface area (Å²) in [5, 5.41) is 2.93. The first-order valence-electron chi connectivity index (χ1n) is 2.92. The third kappa shape index (κ3) is 2.13. The van der Waals surface area contributed by atoms with Gasteiger partial charge in [0.15, 0.2) is 0 Å². The number of ether oxygens (including phenoxy) is 2. The van der Waals surface area contributed by atoms with Gasteiger partial charge in [0.25, 0.3) is 6.47 Å². The highest BCUT2D eigenvalue weighted by atomic mass is 35.5. The molecule has 1 saturated heterocycles. The van der Waals surface area contributed by atoms with E-state index >= 15 is 0 Å². The second-order valence-corrected chi connectivity index (χ2v) is 2.35. The number of rotatable bonds is 2. The van der Waals surface area contributed by atoms with Gasteiger partial charge in [-0.2, -0.15) is 0 Å². The average Bonchev–Trinajstić information content (AvgIpc) is 1.88. The molecule has 10 heavy (non-hydrogen) atoms. The molecule has 1 rings (SSSR count). The van der Waals surface area contributed by atoms with Crippen LogP contribution in [0.2, 0.25) is 0 Å². The molecule has 0 spiro atoms. The fourth-order valence-electron chi connectivity index (χ4n) is 0.718. The highest BCUT2D eigenvalue weighted by Gasteiger charge is 2.20. The minimum absolute atomic E-state index is 0.348. The Labute approximate surface area is 63.4 Å². The van der Waals surface area contributed by atoms with Crippen LogP contribution in [0.1, 0.15) is 0 Å². The quantitative estimate of drug-likeness (QED) is 0.450. The first kappa shape index (κ1) is 7.78. The molecule has 2 unspecified atom stereocenters. The second-order valence-electron chi connectivity index (χ2n) is 1.87. The summed E-state index contributed by atoms with van der Waals surface area (Å²) in [5.74, 6) is 0. The SMILES string of the molecule is O=COC1CNCC(Cl)O1. The number of morpholine rings is 1. The zero-order valence-corrected chi connectivity index (χ0v) is 6.00. The van der Waals surface area contributed by atoms with Crippen molar-refractivity contribution in [1.29, 1.82) is 0 Å². The summed E-state index contributed by atoms with van der Waals surface area (Å²) >= 11 is 5.57. The summed E-state index contributed by atoms with van der Waals surface area (Å²) in [7, 11) is 0. The smallest absolute Gasteiger partial charge is 0.295 e. The van der Waals surface area contributed by atoms with E-state index in [0.29, 0.717) is 19.6 Å². The lowest BCUT2D eigenvalue weighted by atomic mass is 10.5. The van der Waals surface area contributed by atoms with Crippen LogP contribution in [0.3, 0.4) is 0 Å². The lowest BCUT2D eigenvalue weighted by molar-refractivity contribution is -0.173. The molecule has 0 amide bonds. The molecule has 5 heteroatoms. The van der Waals surface area contributed by atoms with Gasteiger partial charge in [-0.25, -0.2) is 0 Å². The van der Waals surface area contributed by atoms with Crippen LogP contribution in [0, 0.1) is 0 Å². The number of alkyl halides is 1. The fourth-order valence-corrected chi connectivity index (χ4v) is 0.942. The van der Waals surface area contributed by atoms with Crippen LogP contribution in [0.25, 0.3) is 0 Å². The first-order chi connectivity index (χ1) is 4.83. The molecule has 1 heterocycles. The molecule has 4 nitrogen and oxygen atoms in total. The summed E-state index contributed by atoms with van der Waals surface area (Å²) in [6.45, 7) is 1.43. The predicted octanol–water partition coefficient (Wildman–Crippen LogP) is -0.330. The van der Waals surface area contributed by atoms with Crippen molar-refractivity contribution < 1.29 is 14.3 Å². The van der Waals surface area contributed by atoms with E-state index in [9.17, 15) is 4.79 Å². The van der Waals surface area contributed by atoms with E-state index in [4.69, 9.17) is 16.3 Å². The molecule has 1 fully saturated rings. The monoisotopic (exact) mass is 165 g/mol. The Hall–Kier alpha value is -0.320. The molecule has 0 aliphatic carbocycles. The van der Waals surface area contributed by atoms with Crippen molar-refractivity contribution in [3.05, 3.63) is 0 Å². The highest BCUT2D eigenvalue weighted by molar-refractivity contribution is 6.19. The van der Waals surface area contributed by atoms with Crippen molar-refractivity contribution in [3.8, 4) is 0 Å². The summed E-state index contributed by atoms with van der Waals surface area (Å²) in [4.78, 5) is 9.81. The molecular weight excluding hydrogens is 158 g/mol. The van der Waals surface area contributed by atoms with E-state index in [1.807, 2.05) is 0 Å². The van der Waals surface area contributed by atoms with Crippen LogP contribution in [0.4, 0.5) is 0 Å². The zero-order chi connectivity index (χ0) is 7.40. The standard InChI is InChI=1S/C5H8ClNO3/c6-4-1-7-2-5(10-4)9-3-8/h3-5,7H,1-2H2. The van der Waals surface area contributed by atoms with Crippen LogP contribution in [0.15, 0.2) is 0 Å². The lowest BCUT2D eigenvalue weighted by Gasteiger charge is -2.25. The highest BCUT2D eigenvalue weighted by Crippen LogP contribution is 2.06. The molecule has 0 saturated carbocycles. The Bertz CT molecular complexity index is 121. The Morgan fingerprint density at radius 1 is 1.70 bits per heavy atom. The van der Waals surface area contributed by atoms with E-state index < -0.39 is 11.9 Å². The molecule has 1 N–H and O–H groups in total. The normalized spacial score (nSPS) is 33.3.